The molecule has 2 aliphatic rings. The quantitative estimate of drug-likeness (QED) is 0.766. The topological polar surface area (TPSA) is 95.9 Å². The number of hydrogen-bond acceptors (Lipinski definition) is 4. The number of benzene rings is 2. The van der Waals surface area contributed by atoms with Crippen LogP contribution in [0.4, 0.5) is 4.79 Å². The van der Waals surface area contributed by atoms with Gasteiger partial charge in [-0.15, -0.1) is 0 Å². The highest BCUT2D eigenvalue weighted by Gasteiger charge is 2.37. The number of carbonyl (C=O) groups excluding carboxylic acids is 2. The van der Waals surface area contributed by atoms with E-state index in [4.69, 9.17) is 9.84 Å². The number of likely N-dealkylation sites (N-methyl/N-ethyl adjacent to an activating group) is 1. The molecule has 156 valence electrons. The van der Waals surface area contributed by atoms with E-state index < -0.39 is 12.1 Å². The summed E-state index contributed by atoms with van der Waals surface area (Å²) in [4.78, 5) is 36.3. The summed E-state index contributed by atoms with van der Waals surface area (Å²) in [7, 11) is 1.47. The fourth-order valence-corrected chi connectivity index (χ4v) is 4.34. The van der Waals surface area contributed by atoms with Crippen LogP contribution in [0.15, 0.2) is 48.5 Å². The molecule has 4 rings (SSSR count). The Kier molecular flexibility index (Phi) is 5.44. The molecule has 7 heteroatoms. The summed E-state index contributed by atoms with van der Waals surface area (Å²) in [6.07, 6.45) is 0.492. The van der Waals surface area contributed by atoms with Gasteiger partial charge in [0.05, 0.1) is 0 Å². The smallest absolute Gasteiger partial charge is 0.407 e. The lowest BCUT2D eigenvalue weighted by Crippen LogP contribution is -2.50. The van der Waals surface area contributed by atoms with Crippen molar-refractivity contribution in [3.63, 3.8) is 0 Å². The second-order valence-electron chi connectivity index (χ2n) is 7.92. The standard InChI is InChI=1S/C23H24N2O5/c1-25(12-21(26)27)22(28)14-10-15(11-14)24-23(29)30-13-20-18-8-4-2-6-16(18)17-7-3-5-9-19(17)20/h2-9,14-15,20H,10-13H2,1H3,(H,24,29)(H,26,27). The fraction of sp³-hybridized carbons (Fsp3) is 0.348. The summed E-state index contributed by atoms with van der Waals surface area (Å²) < 4.78 is 5.52. The van der Waals surface area contributed by atoms with Gasteiger partial charge in [-0.3, -0.25) is 9.59 Å². The summed E-state index contributed by atoms with van der Waals surface area (Å²) >= 11 is 0. The number of nitrogens with zero attached hydrogens (tertiary/aromatic N) is 1. The summed E-state index contributed by atoms with van der Waals surface area (Å²) in [6.45, 7) is -0.0733. The van der Waals surface area contributed by atoms with Gasteiger partial charge in [-0.1, -0.05) is 48.5 Å². The van der Waals surface area contributed by atoms with Crippen molar-refractivity contribution in [2.75, 3.05) is 20.2 Å². The highest BCUT2D eigenvalue weighted by Crippen LogP contribution is 2.44. The molecule has 2 amide bonds. The van der Waals surface area contributed by atoms with E-state index in [0.717, 1.165) is 11.1 Å². The number of fused-ring (bicyclic) bond motifs is 3. The minimum atomic E-state index is -1.04. The first kappa shape index (κ1) is 19.9. The molecule has 0 bridgehead atoms. The zero-order valence-electron chi connectivity index (χ0n) is 16.7. The molecule has 30 heavy (non-hydrogen) atoms. The molecule has 0 radical (unpaired) electrons. The largest absolute Gasteiger partial charge is 0.480 e. The molecule has 0 aliphatic heterocycles. The second kappa shape index (κ2) is 8.18. The average Bonchev–Trinajstić information content (AvgIpc) is 3.02. The Morgan fingerprint density at radius 2 is 1.60 bits per heavy atom. The van der Waals surface area contributed by atoms with E-state index in [1.54, 1.807) is 0 Å². The predicted molar refractivity (Wildman–Crippen MR) is 110 cm³/mol. The van der Waals surface area contributed by atoms with Gasteiger partial charge in [0.1, 0.15) is 13.2 Å². The number of ether oxygens (including phenoxy) is 1. The molecule has 0 saturated heterocycles. The number of carboxylic acid groups (broad SMARTS) is 1. The van der Waals surface area contributed by atoms with Crippen LogP contribution in [-0.4, -0.2) is 54.2 Å². The lowest BCUT2D eigenvalue weighted by atomic mass is 9.79. The van der Waals surface area contributed by atoms with Crippen molar-refractivity contribution < 1.29 is 24.2 Å². The van der Waals surface area contributed by atoms with Gasteiger partial charge < -0.3 is 20.1 Å². The number of hydrogen-bond donors (Lipinski definition) is 2. The van der Waals surface area contributed by atoms with E-state index in [1.807, 2.05) is 24.3 Å². The van der Waals surface area contributed by atoms with Crippen molar-refractivity contribution >= 4 is 18.0 Å². The Labute approximate surface area is 174 Å². The van der Waals surface area contributed by atoms with E-state index in [1.165, 1.54) is 23.1 Å². The number of carbonyl (C=O) groups is 3. The number of amides is 2. The van der Waals surface area contributed by atoms with Crippen LogP contribution in [0.25, 0.3) is 11.1 Å². The summed E-state index contributed by atoms with van der Waals surface area (Å²) in [6, 6.07) is 16.2. The van der Waals surface area contributed by atoms with E-state index in [9.17, 15) is 14.4 Å². The maximum atomic E-state index is 12.3. The third-order valence-electron chi connectivity index (χ3n) is 5.90. The van der Waals surface area contributed by atoms with E-state index in [-0.39, 0.29) is 36.9 Å². The lowest BCUT2D eigenvalue weighted by Gasteiger charge is -2.36. The van der Waals surface area contributed by atoms with Gasteiger partial charge in [-0.25, -0.2) is 4.79 Å². The maximum absolute atomic E-state index is 12.3. The van der Waals surface area contributed by atoms with Gasteiger partial charge in [-0.2, -0.15) is 0 Å². The van der Waals surface area contributed by atoms with Crippen LogP contribution < -0.4 is 5.32 Å². The van der Waals surface area contributed by atoms with Crippen molar-refractivity contribution in [3.05, 3.63) is 59.7 Å². The van der Waals surface area contributed by atoms with Crippen molar-refractivity contribution in [2.24, 2.45) is 5.92 Å². The number of rotatable bonds is 6. The molecule has 2 aromatic carbocycles. The van der Waals surface area contributed by atoms with Crippen LogP contribution in [0.5, 0.6) is 0 Å². The Balaban J connectivity index is 1.29. The van der Waals surface area contributed by atoms with Gasteiger partial charge in [0.25, 0.3) is 0 Å². The van der Waals surface area contributed by atoms with Crippen molar-refractivity contribution in [1.82, 2.24) is 10.2 Å². The number of aliphatic carboxylic acids is 1. The van der Waals surface area contributed by atoms with E-state index >= 15 is 0 Å². The Hall–Kier alpha value is -3.35. The van der Waals surface area contributed by atoms with Crippen LogP contribution >= 0.6 is 0 Å². The van der Waals surface area contributed by atoms with Gasteiger partial charge >= 0.3 is 12.1 Å². The van der Waals surface area contributed by atoms with Crippen LogP contribution in [-0.2, 0) is 14.3 Å². The van der Waals surface area contributed by atoms with E-state index in [0.29, 0.717) is 12.8 Å². The van der Waals surface area contributed by atoms with Crippen LogP contribution in [0.2, 0.25) is 0 Å². The maximum Gasteiger partial charge on any atom is 0.407 e. The molecule has 0 atom stereocenters. The molecule has 0 unspecified atom stereocenters. The van der Waals surface area contributed by atoms with Gasteiger partial charge in [0.15, 0.2) is 0 Å². The molecular formula is C23H24N2O5. The first-order valence-corrected chi connectivity index (χ1v) is 10.0. The highest BCUT2D eigenvalue weighted by atomic mass is 16.5. The predicted octanol–water partition coefficient (Wildman–Crippen LogP) is 2.85. The van der Waals surface area contributed by atoms with Crippen molar-refractivity contribution in [2.45, 2.75) is 24.8 Å². The molecule has 7 nitrogen and oxygen atoms in total. The van der Waals surface area contributed by atoms with Gasteiger partial charge in [0.2, 0.25) is 5.91 Å². The minimum Gasteiger partial charge on any atom is -0.480 e. The minimum absolute atomic E-state index is 0.00327. The first-order chi connectivity index (χ1) is 14.4. The Morgan fingerprint density at radius 3 is 2.17 bits per heavy atom. The molecule has 2 aliphatic carbocycles. The van der Waals surface area contributed by atoms with Crippen LogP contribution in [0, 0.1) is 5.92 Å². The number of carboxylic acids is 1. The van der Waals surface area contributed by atoms with Crippen LogP contribution in [0.1, 0.15) is 29.9 Å². The molecule has 2 N–H and O–H groups in total. The second-order valence-corrected chi connectivity index (χ2v) is 7.92. The van der Waals surface area contributed by atoms with Crippen molar-refractivity contribution in [3.8, 4) is 11.1 Å². The molecule has 0 spiro atoms. The molecule has 1 saturated carbocycles. The monoisotopic (exact) mass is 408 g/mol. The molecule has 1 fully saturated rings. The van der Waals surface area contributed by atoms with Crippen LogP contribution in [0.3, 0.4) is 0 Å². The highest BCUT2D eigenvalue weighted by molar-refractivity contribution is 5.84. The van der Waals surface area contributed by atoms with Crippen molar-refractivity contribution in [1.29, 1.82) is 0 Å². The fourth-order valence-electron chi connectivity index (χ4n) is 4.34. The number of nitrogens with one attached hydrogen (secondary N) is 1. The lowest BCUT2D eigenvalue weighted by molar-refractivity contribution is -0.146. The van der Waals surface area contributed by atoms with E-state index in [2.05, 4.69) is 29.6 Å². The summed E-state index contributed by atoms with van der Waals surface area (Å²) in [5, 5.41) is 11.6. The van der Waals surface area contributed by atoms with Gasteiger partial charge in [-0.05, 0) is 35.1 Å². The third-order valence-corrected chi connectivity index (χ3v) is 5.90. The average molecular weight is 408 g/mol. The molecule has 0 heterocycles. The Bertz CT molecular complexity index is 938. The third kappa shape index (κ3) is 3.87. The zero-order valence-corrected chi connectivity index (χ0v) is 16.7. The molecule has 2 aromatic rings. The molecular weight excluding hydrogens is 384 g/mol. The number of alkyl carbamates (subject to hydrolysis) is 1. The summed E-state index contributed by atoms with van der Waals surface area (Å²) in [5.74, 6) is -1.50. The van der Waals surface area contributed by atoms with Gasteiger partial charge in [0, 0.05) is 24.9 Å². The SMILES string of the molecule is CN(CC(=O)O)C(=O)C1CC(NC(=O)OCC2c3ccccc3-c3ccccc32)C1. The normalized spacial score (nSPS) is 19.2. The zero-order chi connectivity index (χ0) is 21.3. The summed E-state index contributed by atoms with van der Waals surface area (Å²) in [5.41, 5.74) is 4.66. The molecule has 0 aromatic heterocycles. The Morgan fingerprint density at radius 1 is 1.03 bits per heavy atom. The first-order valence-electron chi connectivity index (χ1n) is 10.0.